The van der Waals surface area contributed by atoms with E-state index in [1.807, 2.05) is 22.7 Å². The average Bonchev–Trinajstić information content (AvgIpc) is 4.03. The molecule has 13 aromatic rings. The van der Waals surface area contributed by atoms with Crippen LogP contribution in [0.25, 0.3) is 101 Å². The molecule has 0 saturated carbocycles. The lowest BCUT2D eigenvalue weighted by molar-refractivity contribution is 0.674. The lowest BCUT2D eigenvalue weighted by Crippen LogP contribution is -2.34. The molecule has 0 aliphatic carbocycles. The van der Waals surface area contributed by atoms with Crippen LogP contribution < -0.4 is 5.32 Å². The smallest absolute Gasteiger partial charge is 0.159 e. The fraction of sp³-hybridized carbons (Fsp3) is 0.0169. The van der Waals surface area contributed by atoms with E-state index in [2.05, 4.69) is 216 Å². The lowest BCUT2D eigenvalue weighted by Gasteiger charge is -2.26. The molecule has 0 spiro atoms. The average molecular weight is 865 g/mol. The number of benzene rings is 10. The van der Waals surface area contributed by atoms with Crippen LogP contribution in [0.15, 0.2) is 216 Å². The molecule has 1 aliphatic heterocycles. The van der Waals surface area contributed by atoms with Gasteiger partial charge in [-0.2, -0.15) is 0 Å². The van der Waals surface area contributed by atoms with Gasteiger partial charge in [0.25, 0.3) is 0 Å². The number of fused-ring (bicyclic) bond motifs is 11. The molecule has 1 N–H and O–H groups in total. The minimum atomic E-state index is -0.409. The molecule has 0 bridgehead atoms. The standard InChI is InChI=1S/C59H36N4S2/c1-2-13-35(14-3-1)36-19-12-20-41(29-36)57-60-58(42-25-26-44-43-21-8-10-23-51(43)65-54(44)34-42)62-59(61-57)46-27-28-53-55(45-22-9-11-24-52(45)64-53)56(46)63-49-32-39-17-6-4-15-37(39)30-47(49)48-31-38-16-5-7-18-40(38)33-50(48)63/h1-34,57H,(H,60,61,62). The molecule has 65 heavy (non-hydrogen) atoms. The van der Waals surface area contributed by atoms with Crippen molar-refractivity contribution in [3.05, 3.63) is 223 Å². The fourth-order valence-electron chi connectivity index (χ4n) is 10.1. The molecule has 4 nitrogen and oxygen atoms in total. The van der Waals surface area contributed by atoms with Crippen LogP contribution in [0, 0.1) is 0 Å². The van der Waals surface area contributed by atoms with Gasteiger partial charge in [0.2, 0.25) is 0 Å². The van der Waals surface area contributed by atoms with Gasteiger partial charge in [-0.05, 0) is 98.9 Å². The van der Waals surface area contributed by atoms with Crippen LogP contribution in [0.2, 0.25) is 0 Å². The molecule has 10 aromatic carbocycles. The highest BCUT2D eigenvalue weighted by atomic mass is 32.1. The van der Waals surface area contributed by atoms with Gasteiger partial charge in [-0.1, -0.05) is 146 Å². The molecule has 0 radical (unpaired) electrons. The second-order valence-electron chi connectivity index (χ2n) is 17.0. The maximum Gasteiger partial charge on any atom is 0.159 e. The Kier molecular flexibility index (Phi) is 8.05. The van der Waals surface area contributed by atoms with E-state index in [4.69, 9.17) is 9.98 Å². The molecule has 6 heteroatoms. The molecule has 14 rings (SSSR count). The Balaban J connectivity index is 1.07. The summed E-state index contributed by atoms with van der Waals surface area (Å²) in [6, 6.07) is 75.1. The predicted octanol–water partition coefficient (Wildman–Crippen LogP) is 16.0. The van der Waals surface area contributed by atoms with Gasteiger partial charge in [0.15, 0.2) is 5.84 Å². The van der Waals surface area contributed by atoms with E-state index in [9.17, 15) is 0 Å². The number of hydrogen-bond donors (Lipinski definition) is 1. The van der Waals surface area contributed by atoms with Crippen molar-refractivity contribution < 1.29 is 0 Å². The van der Waals surface area contributed by atoms with E-state index in [1.54, 1.807) is 0 Å². The number of hydrogen-bond acceptors (Lipinski definition) is 5. The number of thiophene rings is 2. The van der Waals surface area contributed by atoms with E-state index >= 15 is 0 Å². The zero-order valence-corrected chi connectivity index (χ0v) is 36.5. The van der Waals surface area contributed by atoms with Crippen molar-refractivity contribution in [3.8, 4) is 16.8 Å². The fourth-order valence-corrected chi connectivity index (χ4v) is 12.4. The molecular weight excluding hydrogens is 829 g/mol. The van der Waals surface area contributed by atoms with Crippen molar-refractivity contribution in [3.63, 3.8) is 0 Å². The normalized spacial score (nSPS) is 14.3. The Morgan fingerprint density at radius 3 is 1.75 bits per heavy atom. The quantitative estimate of drug-likeness (QED) is 0.184. The summed E-state index contributed by atoms with van der Waals surface area (Å²) in [5.41, 5.74) is 8.81. The highest BCUT2D eigenvalue weighted by molar-refractivity contribution is 7.26. The second-order valence-corrected chi connectivity index (χ2v) is 19.1. The molecule has 304 valence electrons. The SMILES string of the molecule is c1ccc(-c2cccc(C3N=C(c4ccc5c(c4)sc4ccccc45)N=C(c4ccc5sc6ccccc6c5c4-n4c5cc6ccccc6cc5c5cc6ccccc6cc54)N3)c2)cc1. The van der Waals surface area contributed by atoms with Crippen LogP contribution >= 0.6 is 22.7 Å². The van der Waals surface area contributed by atoms with E-state index in [0.29, 0.717) is 5.84 Å². The van der Waals surface area contributed by atoms with Crippen molar-refractivity contribution in [1.82, 2.24) is 9.88 Å². The van der Waals surface area contributed by atoms with E-state index in [1.165, 1.54) is 78.2 Å². The van der Waals surface area contributed by atoms with Gasteiger partial charge < -0.3 is 9.88 Å². The molecular formula is C59H36N4S2. The Hall–Kier alpha value is -7.90. The summed E-state index contributed by atoms with van der Waals surface area (Å²) >= 11 is 3.67. The van der Waals surface area contributed by atoms with Gasteiger partial charge in [0.05, 0.1) is 16.7 Å². The first-order valence-corrected chi connectivity index (χ1v) is 23.6. The number of amidine groups is 2. The summed E-state index contributed by atoms with van der Waals surface area (Å²) in [4.78, 5) is 11.1. The molecule has 1 unspecified atom stereocenters. The largest absolute Gasteiger partial charge is 0.344 e. The zero-order chi connectivity index (χ0) is 42.6. The lowest BCUT2D eigenvalue weighted by atomic mass is 10.0. The van der Waals surface area contributed by atoms with Crippen LogP contribution in [0.4, 0.5) is 0 Å². The van der Waals surface area contributed by atoms with Crippen LogP contribution in [0.3, 0.4) is 0 Å². The van der Waals surface area contributed by atoms with E-state index in [0.717, 1.165) is 44.8 Å². The van der Waals surface area contributed by atoms with Gasteiger partial charge in [-0.25, -0.2) is 9.98 Å². The summed E-state index contributed by atoms with van der Waals surface area (Å²) in [5.74, 6) is 1.49. The van der Waals surface area contributed by atoms with Crippen LogP contribution in [0.5, 0.6) is 0 Å². The third-order valence-corrected chi connectivity index (χ3v) is 15.5. The van der Waals surface area contributed by atoms with E-state index < -0.39 is 6.17 Å². The third-order valence-electron chi connectivity index (χ3n) is 13.2. The molecule has 1 aliphatic rings. The molecule has 0 fully saturated rings. The van der Waals surface area contributed by atoms with Gasteiger partial charge in [-0.15, -0.1) is 22.7 Å². The molecule has 0 amide bonds. The molecule has 1 atom stereocenters. The molecule has 4 heterocycles. The van der Waals surface area contributed by atoms with Crippen molar-refractivity contribution in [1.29, 1.82) is 0 Å². The van der Waals surface area contributed by atoms with Crippen molar-refractivity contribution >= 4 is 118 Å². The third kappa shape index (κ3) is 5.81. The summed E-state index contributed by atoms with van der Waals surface area (Å²) in [6.07, 6.45) is -0.409. The monoisotopic (exact) mass is 864 g/mol. The first-order chi connectivity index (χ1) is 32.2. The number of aromatic nitrogens is 1. The van der Waals surface area contributed by atoms with Crippen LogP contribution in [-0.4, -0.2) is 16.2 Å². The minimum absolute atomic E-state index is 0.409. The summed E-state index contributed by atoms with van der Waals surface area (Å²) < 4.78 is 7.52. The minimum Gasteiger partial charge on any atom is -0.344 e. The molecule has 0 saturated heterocycles. The van der Waals surface area contributed by atoms with Gasteiger partial charge in [0.1, 0.15) is 12.0 Å². The maximum absolute atomic E-state index is 5.59. The summed E-state index contributed by atoms with van der Waals surface area (Å²) in [5, 5.41) is 16.2. The topological polar surface area (TPSA) is 41.7 Å². The highest BCUT2D eigenvalue weighted by Gasteiger charge is 2.28. The number of nitrogens with zero attached hydrogens (tertiary/aromatic N) is 3. The summed E-state index contributed by atoms with van der Waals surface area (Å²) in [6.45, 7) is 0. The highest BCUT2D eigenvalue weighted by Crippen LogP contribution is 2.45. The van der Waals surface area contributed by atoms with Gasteiger partial charge >= 0.3 is 0 Å². The second kappa shape index (κ2) is 14.3. The number of aliphatic imine (C=N–C) groups is 2. The zero-order valence-electron chi connectivity index (χ0n) is 34.9. The van der Waals surface area contributed by atoms with Gasteiger partial charge in [-0.3, -0.25) is 0 Å². The Labute approximate surface area is 381 Å². The van der Waals surface area contributed by atoms with E-state index in [-0.39, 0.29) is 0 Å². The molecule has 3 aromatic heterocycles. The van der Waals surface area contributed by atoms with Crippen molar-refractivity contribution in [2.45, 2.75) is 6.17 Å². The van der Waals surface area contributed by atoms with Crippen molar-refractivity contribution in [2.24, 2.45) is 9.98 Å². The number of rotatable bonds is 5. The Morgan fingerprint density at radius 1 is 0.415 bits per heavy atom. The summed E-state index contributed by atoms with van der Waals surface area (Å²) in [7, 11) is 0. The Bertz CT molecular complexity index is 4080. The van der Waals surface area contributed by atoms with Gasteiger partial charge in [0, 0.05) is 62.2 Å². The predicted molar refractivity (Wildman–Crippen MR) is 279 cm³/mol. The Morgan fingerprint density at radius 2 is 1.02 bits per heavy atom. The van der Waals surface area contributed by atoms with Crippen molar-refractivity contribution in [2.75, 3.05) is 0 Å². The first kappa shape index (κ1) is 36.6. The first-order valence-electron chi connectivity index (χ1n) is 22.0. The maximum atomic E-state index is 5.59. The number of nitrogens with one attached hydrogen (secondary N) is 1. The van der Waals surface area contributed by atoms with Crippen LogP contribution in [0.1, 0.15) is 22.9 Å². The van der Waals surface area contributed by atoms with Crippen LogP contribution in [-0.2, 0) is 0 Å².